The van der Waals surface area contributed by atoms with Crippen LogP contribution in [-0.4, -0.2) is 24.2 Å². The lowest BCUT2D eigenvalue weighted by Gasteiger charge is -2.11. The van der Waals surface area contributed by atoms with E-state index in [0.29, 0.717) is 22.4 Å². The third kappa shape index (κ3) is 3.25. The van der Waals surface area contributed by atoms with E-state index in [9.17, 15) is 13.2 Å². The van der Waals surface area contributed by atoms with Crippen molar-refractivity contribution >= 4 is 29.1 Å². The van der Waals surface area contributed by atoms with Crippen LogP contribution < -0.4 is 15.2 Å². The third-order valence-electron chi connectivity index (χ3n) is 3.47. The predicted octanol–water partition coefficient (Wildman–Crippen LogP) is 3.74. The van der Waals surface area contributed by atoms with Crippen LogP contribution in [-0.2, 0) is 0 Å². The van der Waals surface area contributed by atoms with Gasteiger partial charge in [0, 0.05) is 17.0 Å². The fourth-order valence-corrected chi connectivity index (χ4v) is 2.29. The molecule has 0 amide bonds. The highest BCUT2D eigenvalue weighted by Crippen LogP contribution is 2.34. The van der Waals surface area contributed by atoms with E-state index in [1.54, 1.807) is 12.1 Å². The van der Waals surface area contributed by atoms with Gasteiger partial charge in [0.2, 0.25) is 0 Å². The maximum atomic E-state index is 13.4. The summed E-state index contributed by atoms with van der Waals surface area (Å²) in [6, 6.07) is 4.77. The summed E-state index contributed by atoms with van der Waals surface area (Å²) in [6.07, 6.45) is 0. The molecular formula is C16H13ClF3N3O2. The van der Waals surface area contributed by atoms with Crippen LogP contribution in [0.5, 0.6) is 11.5 Å². The maximum absolute atomic E-state index is 13.4. The zero-order valence-corrected chi connectivity index (χ0v) is 14.0. The van der Waals surface area contributed by atoms with E-state index in [1.807, 2.05) is 0 Å². The fraction of sp³-hybridized carbons (Fsp3) is 0.125. The number of aromatic nitrogens is 2. The van der Waals surface area contributed by atoms with Crippen LogP contribution in [0, 0.1) is 17.5 Å². The van der Waals surface area contributed by atoms with E-state index in [-0.39, 0.29) is 29.6 Å². The summed E-state index contributed by atoms with van der Waals surface area (Å²) in [7, 11) is 2.93. The van der Waals surface area contributed by atoms with Gasteiger partial charge in [-0.15, -0.1) is 12.4 Å². The Balaban J connectivity index is 0.00000225. The summed E-state index contributed by atoms with van der Waals surface area (Å²) < 4.78 is 50.3. The van der Waals surface area contributed by atoms with Crippen molar-refractivity contribution < 1.29 is 22.6 Å². The minimum atomic E-state index is -1.56. The Morgan fingerprint density at radius 3 is 2.00 bits per heavy atom. The van der Waals surface area contributed by atoms with Crippen LogP contribution in [0.2, 0.25) is 0 Å². The monoisotopic (exact) mass is 371 g/mol. The first-order chi connectivity index (χ1) is 11.4. The van der Waals surface area contributed by atoms with Gasteiger partial charge in [0.1, 0.15) is 5.82 Å². The number of nitrogen functional groups attached to an aromatic ring is 1. The number of fused-ring (bicyclic) bond motifs is 1. The van der Waals surface area contributed by atoms with Crippen LogP contribution in [0.4, 0.5) is 19.0 Å². The molecule has 132 valence electrons. The zero-order chi connectivity index (χ0) is 17.4. The van der Waals surface area contributed by atoms with E-state index in [2.05, 4.69) is 9.97 Å². The second-order valence-corrected chi connectivity index (χ2v) is 4.91. The molecule has 5 nitrogen and oxygen atoms in total. The Morgan fingerprint density at radius 2 is 1.44 bits per heavy atom. The van der Waals surface area contributed by atoms with Crippen LogP contribution in [0.15, 0.2) is 24.3 Å². The number of rotatable bonds is 3. The predicted molar refractivity (Wildman–Crippen MR) is 89.6 cm³/mol. The molecule has 1 aromatic heterocycles. The number of anilines is 1. The molecule has 3 rings (SSSR count). The fourth-order valence-electron chi connectivity index (χ4n) is 2.29. The molecule has 25 heavy (non-hydrogen) atoms. The molecule has 9 heteroatoms. The summed E-state index contributed by atoms with van der Waals surface area (Å²) in [4.78, 5) is 8.25. The van der Waals surface area contributed by atoms with Gasteiger partial charge in [-0.25, -0.2) is 23.1 Å². The largest absolute Gasteiger partial charge is 0.493 e. The number of hydrogen-bond donors (Lipinski definition) is 1. The Bertz CT molecular complexity index is 931. The lowest BCUT2D eigenvalue weighted by atomic mass is 10.1. The summed E-state index contributed by atoms with van der Waals surface area (Å²) in [5.74, 6) is -3.33. The molecular weight excluding hydrogens is 359 g/mol. The molecule has 0 spiro atoms. The number of ether oxygens (including phenoxy) is 2. The van der Waals surface area contributed by atoms with E-state index < -0.39 is 17.5 Å². The molecule has 2 N–H and O–H groups in total. The van der Waals surface area contributed by atoms with Gasteiger partial charge in [-0.05, 0) is 18.2 Å². The van der Waals surface area contributed by atoms with Gasteiger partial charge in [-0.1, -0.05) is 0 Å². The van der Waals surface area contributed by atoms with Crippen molar-refractivity contribution in [1.82, 2.24) is 9.97 Å². The molecule has 0 bridgehead atoms. The van der Waals surface area contributed by atoms with Crippen molar-refractivity contribution in [2.24, 2.45) is 0 Å². The minimum Gasteiger partial charge on any atom is -0.493 e. The Kier molecular flexibility index (Phi) is 5.22. The quantitative estimate of drug-likeness (QED) is 0.710. The van der Waals surface area contributed by atoms with Gasteiger partial charge in [0.25, 0.3) is 0 Å². The van der Waals surface area contributed by atoms with Crippen LogP contribution in [0.1, 0.15) is 0 Å². The summed E-state index contributed by atoms with van der Waals surface area (Å²) in [5.41, 5.74) is 6.26. The van der Waals surface area contributed by atoms with Crippen molar-refractivity contribution in [2.75, 3.05) is 20.0 Å². The molecule has 1 heterocycles. The second-order valence-electron chi connectivity index (χ2n) is 4.91. The molecule has 0 saturated heterocycles. The van der Waals surface area contributed by atoms with Gasteiger partial charge in [0.15, 0.2) is 34.8 Å². The van der Waals surface area contributed by atoms with Crippen molar-refractivity contribution in [3.63, 3.8) is 0 Å². The zero-order valence-electron chi connectivity index (χ0n) is 13.1. The van der Waals surface area contributed by atoms with E-state index >= 15 is 0 Å². The number of hydrogen-bond acceptors (Lipinski definition) is 5. The molecule has 0 aliphatic heterocycles. The molecule has 0 unspecified atom stereocenters. The Hall–Kier alpha value is -2.74. The first kappa shape index (κ1) is 18.6. The lowest BCUT2D eigenvalue weighted by molar-refractivity contribution is 0.356. The molecule has 0 saturated carbocycles. The van der Waals surface area contributed by atoms with Gasteiger partial charge in [-0.2, -0.15) is 0 Å². The number of nitrogens with zero attached hydrogens (tertiary/aromatic N) is 2. The van der Waals surface area contributed by atoms with Crippen LogP contribution >= 0.6 is 12.4 Å². The average Bonchev–Trinajstić information content (AvgIpc) is 2.57. The standard InChI is InChI=1S/C16H12F3N3O2.ClH/c1-23-12-5-8-11(6-13(12)24-2)21-16(22-15(8)20)7-3-9(17)14(19)10(18)4-7;/h3-6H,1-2H3,(H2,20,21,22);1H. The smallest absolute Gasteiger partial charge is 0.194 e. The number of benzene rings is 2. The maximum Gasteiger partial charge on any atom is 0.194 e. The van der Waals surface area contributed by atoms with Crippen molar-refractivity contribution in [3.8, 4) is 22.9 Å². The first-order valence-electron chi connectivity index (χ1n) is 6.78. The Labute approximate surface area is 147 Å². The highest BCUT2D eigenvalue weighted by atomic mass is 35.5. The Morgan fingerprint density at radius 1 is 0.880 bits per heavy atom. The lowest BCUT2D eigenvalue weighted by Crippen LogP contribution is -2.01. The molecule has 0 radical (unpaired) electrons. The highest BCUT2D eigenvalue weighted by molar-refractivity contribution is 5.92. The molecule has 0 aliphatic carbocycles. The summed E-state index contributed by atoms with van der Waals surface area (Å²) >= 11 is 0. The molecule has 2 aromatic carbocycles. The molecule has 0 aliphatic rings. The number of nitrogens with two attached hydrogens (primary N) is 1. The first-order valence-corrected chi connectivity index (χ1v) is 6.78. The van der Waals surface area contributed by atoms with Crippen LogP contribution in [0.25, 0.3) is 22.3 Å². The summed E-state index contributed by atoms with van der Waals surface area (Å²) in [6.45, 7) is 0. The van der Waals surface area contributed by atoms with Gasteiger partial charge >= 0.3 is 0 Å². The average molecular weight is 372 g/mol. The number of halogens is 4. The van der Waals surface area contributed by atoms with E-state index in [0.717, 1.165) is 12.1 Å². The van der Waals surface area contributed by atoms with Gasteiger partial charge < -0.3 is 15.2 Å². The normalized spacial score (nSPS) is 10.4. The van der Waals surface area contributed by atoms with Crippen molar-refractivity contribution in [2.45, 2.75) is 0 Å². The second kappa shape index (κ2) is 7.02. The third-order valence-corrected chi connectivity index (χ3v) is 3.47. The van der Waals surface area contributed by atoms with E-state index in [1.165, 1.54) is 14.2 Å². The topological polar surface area (TPSA) is 70.3 Å². The van der Waals surface area contributed by atoms with Crippen molar-refractivity contribution in [3.05, 3.63) is 41.7 Å². The highest BCUT2D eigenvalue weighted by Gasteiger charge is 2.16. The van der Waals surface area contributed by atoms with E-state index in [4.69, 9.17) is 15.2 Å². The molecule has 0 atom stereocenters. The number of methoxy groups -OCH3 is 2. The SMILES string of the molecule is COc1cc2nc(-c3cc(F)c(F)c(F)c3)nc(N)c2cc1OC.Cl. The van der Waals surface area contributed by atoms with Gasteiger partial charge in [-0.3, -0.25) is 0 Å². The minimum absolute atomic E-state index is 0. The molecule has 3 aromatic rings. The van der Waals surface area contributed by atoms with Crippen LogP contribution in [0.3, 0.4) is 0 Å². The summed E-state index contributed by atoms with van der Waals surface area (Å²) in [5, 5.41) is 0.486. The molecule has 0 fully saturated rings. The van der Waals surface area contributed by atoms with Crippen molar-refractivity contribution in [1.29, 1.82) is 0 Å². The van der Waals surface area contributed by atoms with Gasteiger partial charge in [0.05, 0.1) is 19.7 Å².